The van der Waals surface area contributed by atoms with Gasteiger partial charge in [-0.05, 0) is 56.0 Å². The van der Waals surface area contributed by atoms with E-state index in [2.05, 4.69) is 21.2 Å². The normalized spacial score (nSPS) is 13.1. The zero-order valence-corrected chi connectivity index (χ0v) is 22.8. The fourth-order valence-corrected chi connectivity index (χ4v) is 4.63. The third-order valence-electron chi connectivity index (χ3n) is 5.69. The van der Waals surface area contributed by atoms with Crippen molar-refractivity contribution in [3.63, 3.8) is 0 Å². The number of hydrogen-bond donors (Lipinski definition) is 1. The van der Waals surface area contributed by atoms with E-state index in [0.717, 1.165) is 32.6 Å². The van der Waals surface area contributed by atoms with Gasteiger partial charge in [-0.15, -0.1) is 0 Å². The second-order valence-corrected chi connectivity index (χ2v) is 11.2. The van der Waals surface area contributed by atoms with E-state index in [1.54, 1.807) is 18.2 Å². The van der Waals surface area contributed by atoms with Gasteiger partial charge in [0.25, 0.3) is 0 Å². The highest BCUT2D eigenvalue weighted by Crippen LogP contribution is 2.25. The molecule has 0 aliphatic carbocycles. The van der Waals surface area contributed by atoms with E-state index in [1.807, 2.05) is 58.0 Å². The zero-order chi connectivity index (χ0) is 25.5. The van der Waals surface area contributed by atoms with Crippen LogP contribution in [-0.4, -0.2) is 50.0 Å². The van der Waals surface area contributed by atoms with Gasteiger partial charge in [0.1, 0.15) is 12.6 Å². The number of anilines is 1. The summed E-state index contributed by atoms with van der Waals surface area (Å²) in [5.74, 6) is -0.687. The minimum Gasteiger partial charge on any atom is -0.352 e. The molecule has 0 radical (unpaired) electrons. The Kier molecular flexibility index (Phi) is 10.1. The van der Waals surface area contributed by atoms with Gasteiger partial charge in [0.15, 0.2) is 0 Å². The number of nitrogens with zero attached hydrogens (tertiary/aromatic N) is 2. The predicted molar refractivity (Wildman–Crippen MR) is 140 cm³/mol. The number of nitrogens with one attached hydrogen (secondary N) is 1. The van der Waals surface area contributed by atoms with Crippen molar-refractivity contribution in [1.82, 2.24) is 10.2 Å². The number of aryl methyl sites for hydroxylation is 1. The van der Waals surface area contributed by atoms with Crippen molar-refractivity contribution in [3.8, 4) is 0 Å². The number of sulfonamides is 1. The van der Waals surface area contributed by atoms with E-state index in [4.69, 9.17) is 0 Å². The lowest BCUT2D eigenvalue weighted by Crippen LogP contribution is -2.53. The SMILES string of the molecule is CC[C@H](C(=O)N[C@@H](C)CC)N(Cc1ccccc1)C(=O)CN(c1ccc(Br)c(C)c1)S(C)(=O)=O. The molecule has 2 aromatic carbocycles. The van der Waals surface area contributed by atoms with Gasteiger partial charge < -0.3 is 10.2 Å². The third kappa shape index (κ3) is 7.56. The Bertz CT molecular complexity index is 1090. The maximum atomic E-state index is 13.6. The molecule has 0 bridgehead atoms. The first-order valence-corrected chi connectivity index (χ1v) is 14.0. The molecule has 9 heteroatoms. The lowest BCUT2D eigenvalue weighted by molar-refractivity contribution is -0.140. The molecule has 34 heavy (non-hydrogen) atoms. The molecule has 0 saturated carbocycles. The first kappa shape index (κ1) is 27.9. The summed E-state index contributed by atoms with van der Waals surface area (Å²) < 4.78 is 27.3. The summed E-state index contributed by atoms with van der Waals surface area (Å²) in [6.07, 6.45) is 2.24. The molecule has 186 valence electrons. The van der Waals surface area contributed by atoms with Gasteiger partial charge in [-0.25, -0.2) is 8.42 Å². The molecule has 7 nitrogen and oxygen atoms in total. The summed E-state index contributed by atoms with van der Waals surface area (Å²) in [5.41, 5.74) is 2.10. The fraction of sp³-hybridized carbons (Fsp3) is 0.440. The number of benzene rings is 2. The molecule has 0 heterocycles. The second-order valence-electron chi connectivity index (χ2n) is 8.45. The minimum atomic E-state index is -3.75. The van der Waals surface area contributed by atoms with Crippen LogP contribution in [0.1, 0.15) is 44.7 Å². The van der Waals surface area contributed by atoms with E-state index in [9.17, 15) is 18.0 Å². The quantitative estimate of drug-likeness (QED) is 0.452. The van der Waals surface area contributed by atoms with Crippen molar-refractivity contribution in [2.24, 2.45) is 0 Å². The monoisotopic (exact) mass is 551 g/mol. The van der Waals surface area contributed by atoms with Gasteiger partial charge in [0, 0.05) is 17.1 Å². The van der Waals surface area contributed by atoms with Crippen molar-refractivity contribution in [2.75, 3.05) is 17.1 Å². The first-order valence-electron chi connectivity index (χ1n) is 11.4. The van der Waals surface area contributed by atoms with E-state index in [0.29, 0.717) is 12.1 Å². The average Bonchev–Trinajstić information content (AvgIpc) is 2.78. The van der Waals surface area contributed by atoms with E-state index < -0.39 is 28.5 Å². The highest BCUT2D eigenvalue weighted by Gasteiger charge is 2.32. The molecule has 2 amide bonds. The summed E-state index contributed by atoms with van der Waals surface area (Å²) in [6.45, 7) is 7.38. The molecule has 0 aliphatic rings. The molecule has 1 N–H and O–H groups in total. The van der Waals surface area contributed by atoms with Crippen molar-refractivity contribution in [1.29, 1.82) is 0 Å². The van der Waals surface area contributed by atoms with Crippen LogP contribution >= 0.6 is 15.9 Å². The minimum absolute atomic E-state index is 0.0338. The van der Waals surface area contributed by atoms with Gasteiger partial charge in [0.05, 0.1) is 11.9 Å². The largest absolute Gasteiger partial charge is 0.352 e. The van der Waals surface area contributed by atoms with Gasteiger partial charge in [-0.1, -0.05) is 60.1 Å². The Morgan fingerprint density at radius 2 is 1.71 bits per heavy atom. The molecule has 0 saturated heterocycles. The smallest absolute Gasteiger partial charge is 0.244 e. The topological polar surface area (TPSA) is 86.8 Å². The number of carbonyl (C=O) groups is 2. The molecular weight excluding hydrogens is 518 g/mol. The van der Waals surface area contributed by atoms with Gasteiger partial charge in [-0.2, -0.15) is 0 Å². The fourth-order valence-electron chi connectivity index (χ4n) is 3.54. The summed E-state index contributed by atoms with van der Waals surface area (Å²) in [6, 6.07) is 13.7. The zero-order valence-electron chi connectivity index (χ0n) is 20.4. The van der Waals surface area contributed by atoms with Gasteiger partial charge in [-0.3, -0.25) is 13.9 Å². The molecule has 2 aromatic rings. The van der Waals surface area contributed by atoms with Crippen molar-refractivity contribution in [2.45, 2.75) is 59.2 Å². The van der Waals surface area contributed by atoms with Crippen LogP contribution in [0.3, 0.4) is 0 Å². The average molecular weight is 553 g/mol. The number of rotatable bonds is 11. The molecule has 0 aromatic heterocycles. The van der Waals surface area contributed by atoms with Crippen LogP contribution in [0.5, 0.6) is 0 Å². The number of carbonyl (C=O) groups excluding carboxylic acids is 2. The molecule has 2 rings (SSSR count). The van der Waals surface area contributed by atoms with Crippen LogP contribution in [0.15, 0.2) is 53.0 Å². The van der Waals surface area contributed by atoms with E-state index in [-0.39, 0.29) is 18.5 Å². The molecular formula is C25H34BrN3O4S. The van der Waals surface area contributed by atoms with Gasteiger partial charge >= 0.3 is 0 Å². The van der Waals surface area contributed by atoms with Crippen LogP contribution in [0, 0.1) is 6.92 Å². The van der Waals surface area contributed by atoms with E-state index in [1.165, 1.54) is 4.90 Å². The molecule has 0 aliphatic heterocycles. The summed E-state index contributed by atoms with van der Waals surface area (Å²) in [7, 11) is -3.75. The van der Waals surface area contributed by atoms with Gasteiger partial charge in [0.2, 0.25) is 21.8 Å². The Hall–Kier alpha value is -2.39. The van der Waals surface area contributed by atoms with E-state index >= 15 is 0 Å². The highest BCUT2D eigenvalue weighted by molar-refractivity contribution is 9.10. The van der Waals surface area contributed by atoms with Crippen LogP contribution in [0.4, 0.5) is 5.69 Å². The molecule has 0 spiro atoms. The second kappa shape index (κ2) is 12.4. The molecule has 0 unspecified atom stereocenters. The van der Waals surface area contributed by atoms with Crippen molar-refractivity contribution < 1.29 is 18.0 Å². The molecule has 0 fully saturated rings. The standard InChI is InChI=1S/C25H34BrN3O4S/c1-6-19(4)27-25(31)23(7-2)28(16-20-11-9-8-10-12-20)24(30)17-29(34(5,32)33)21-13-14-22(26)18(3)15-21/h8-15,19,23H,6-7,16-17H2,1-5H3,(H,27,31)/t19-,23+/m0/s1. The number of halogens is 1. The maximum absolute atomic E-state index is 13.6. The summed E-state index contributed by atoms with van der Waals surface area (Å²) in [4.78, 5) is 28.2. The highest BCUT2D eigenvalue weighted by atomic mass is 79.9. The van der Waals surface area contributed by atoms with Crippen LogP contribution < -0.4 is 9.62 Å². The van der Waals surface area contributed by atoms with Crippen molar-refractivity contribution in [3.05, 3.63) is 64.1 Å². The Balaban J connectivity index is 2.43. The lowest BCUT2D eigenvalue weighted by atomic mass is 10.1. The number of amides is 2. The summed E-state index contributed by atoms with van der Waals surface area (Å²) in [5, 5.41) is 2.96. The number of hydrogen-bond acceptors (Lipinski definition) is 4. The lowest BCUT2D eigenvalue weighted by Gasteiger charge is -2.33. The van der Waals surface area contributed by atoms with Crippen molar-refractivity contribution >= 4 is 43.5 Å². The Morgan fingerprint density at radius 3 is 2.24 bits per heavy atom. The maximum Gasteiger partial charge on any atom is 0.244 e. The van der Waals surface area contributed by atoms with Crippen LogP contribution in [0.2, 0.25) is 0 Å². The molecule has 2 atom stereocenters. The van der Waals surface area contributed by atoms with Crippen LogP contribution in [0.25, 0.3) is 0 Å². The van der Waals surface area contributed by atoms with Crippen LogP contribution in [-0.2, 0) is 26.2 Å². The first-order chi connectivity index (χ1) is 16.0. The Morgan fingerprint density at radius 1 is 1.06 bits per heavy atom. The third-order valence-corrected chi connectivity index (χ3v) is 7.72. The Labute approximate surface area is 211 Å². The summed E-state index contributed by atoms with van der Waals surface area (Å²) >= 11 is 3.42. The predicted octanol–water partition coefficient (Wildman–Crippen LogP) is 4.25.